The average molecular weight is 323 g/mol. The summed E-state index contributed by atoms with van der Waals surface area (Å²) in [5.74, 6) is 0.185. The third-order valence-corrected chi connectivity index (χ3v) is 5.92. The van der Waals surface area contributed by atoms with Crippen LogP contribution in [0, 0.1) is 0 Å². The first-order valence-electron chi connectivity index (χ1n) is 7.12. The van der Waals surface area contributed by atoms with Crippen LogP contribution in [0.5, 0.6) is 0 Å². The molecule has 1 atom stereocenters. The van der Waals surface area contributed by atoms with Crippen molar-refractivity contribution in [1.29, 1.82) is 0 Å². The van der Waals surface area contributed by atoms with E-state index in [9.17, 15) is 8.42 Å². The standard InChI is InChI=1S/C16H21NO2S2/c1-3-10-21(18,19)16-7-5-4-6-15(16)17-13(2)11-14-8-9-20-12-14/h4-9,12-13,17H,3,10-11H2,1-2H3. The molecule has 5 heteroatoms. The lowest BCUT2D eigenvalue weighted by Crippen LogP contribution is -2.20. The van der Waals surface area contributed by atoms with Gasteiger partial charge in [0.25, 0.3) is 0 Å². The SMILES string of the molecule is CCCS(=O)(=O)c1ccccc1NC(C)Cc1ccsc1. The van der Waals surface area contributed by atoms with Gasteiger partial charge in [-0.3, -0.25) is 0 Å². The highest BCUT2D eigenvalue weighted by Gasteiger charge is 2.18. The van der Waals surface area contributed by atoms with Crippen molar-refractivity contribution in [3.8, 4) is 0 Å². The van der Waals surface area contributed by atoms with Gasteiger partial charge in [0.2, 0.25) is 0 Å². The van der Waals surface area contributed by atoms with Crippen LogP contribution >= 0.6 is 11.3 Å². The Bertz CT molecular complexity index is 663. The summed E-state index contributed by atoms with van der Waals surface area (Å²) >= 11 is 1.68. The monoisotopic (exact) mass is 323 g/mol. The fourth-order valence-electron chi connectivity index (χ4n) is 2.31. The zero-order valence-electron chi connectivity index (χ0n) is 12.4. The maximum atomic E-state index is 12.3. The Hall–Kier alpha value is -1.33. The second-order valence-electron chi connectivity index (χ2n) is 5.20. The van der Waals surface area contributed by atoms with Gasteiger partial charge in [-0.1, -0.05) is 19.1 Å². The number of hydrogen-bond donors (Lipinski definition) is 1. The van der Waals surface area contributed by atoms with Crippen LogP contribution in [0.2, 0.25) is 0 Å². The molecule has 1 unspecified atom stereocenters. The molecule has 0 spiro atoms. The van der Waals surface area contributed by atoms with Crippen molar-refractivity contribution in [1.82, 2.24) is 0 Å². The van der Waals surface area contributed by atoms with Crippen LogP contribution in [-0.4, -0.2) is 20.2 Å². The molecule has 114 valence electrons. The van der Waals surface area contributed by atoms with Crippen molar-refractivity contribution < 1.29 is 8.42 Å². The first-order valence-corrected chi connectivity index (χ1v) is 9.72. The van der Waals surface area contributed by atoms with Gasteiger partial charge in [-0.05, 0) is 54.3 Å². The molecule has 1 aromatic heterocycles. The van der Waals surface area contributed by atoms with E-state index in [0.29, 0.717) is 17.0 Å². The molecular weight excluding hydrogens is 302 g/mol. The van der Waals surface area contributed by atoms with E-state index >= 15 is 0 Å². The van der Waals surface area contributed by atoms with Crippen LogP contribution < -0.4 is 5.32 Å². The molecule has 21 heavy (non-hydrogen) atoms. The van der Waals surface area contributed by atoms with Crippen LogP contribution in [0.4, 0.5) is 5.69 Å². The summed E-state index contributed by atoms with van der Waals surface area (Å²) < 4.78 is 24.6. The predicted octanol–water partition coefficient (Wildman–Crippen LogP) is 3.97. The molecule has 0 bridgehead atoms. The summed E-state index contributed by atoms with van der Waals surface area (Å²) in [6.45, 7) is 3.95. The quantitative estimate of drug-likeness (QED) is 0.838. The number of hydrogen-bond acceptors (Lipinski definition) is 4. The van der Waals surface area contributed by atoms with Crippen LogP contribution in [0.1, 0.15) is 25.8 Å². The molecule has 3 nitrogen and oxygen atoms in total. The van der Waals surface area contributed by atoms with Gasteiger partial charge in [-0.15, -0.1) is 0 Å². The Labute approximate surface area is 130 Å². The van der Waals surface area contributed by atoms with Gasteiger partial charge < -0.3 is 5.32 Å². The van der Waals surface area contributed by atoms with Crippen molar-refractivity contribution in [2.45, 2.75) is 37.6 Å². The molecule has 1 heterocycles. The van der Waals surface area contributed by atoms with E-state index in [1.165, 1.54) is 5.56 Å². The number of rotatable bonds is 7. The maximum Gasteiger partial charge on any atom is 0.180 e. The second-order valence-corrected chi connectivity index (χ2v) is 8.05. The van der Waals surface area contributed by atoms with E-state index in [2.05, 4.69) is 29.1 Å². The summed E-state index contributed by atoms with van der Waals surface area (Å²) in [4.78, 5) is 0.406. The zero-order chi connectivity index (χ0) is 15.3. The fraction of sp³-hybridized carbons (Fsp3) is 0.375. The summed E-state index contributed by atoms with van der Waals surface area (Å²) in [7, 11) is -3.21. The van der Waals surface area contributed by atoms with E-state index in [4.69, 9.17) is 0 Å². The largest absolute Gasteiger partial charge is 0.381 e. The summed E-state index contributed by atoms with van der Waals surface area (Å²) in [5, 5.41) is 7.52. The van der Waals surface area contributed by atoms with Crippen molar-refractivity contribution >= 4 is 26.9 Å². The number of sulfone groups is 1. The van der Waals surface area contributed by atoms with Crippen molar-refractivity contribution in [2.75, 3.05) is 11.1 Å². The molecule has 0 saturated heterocycles. The van der Waals surface area contributed by atoms with Crippen LogP contribution in [0.25, 0.3) is 0 Å². The lowest BCUT2D eigenvalue weighted by molar-refractivity contribution is 0.595. The molecular formula is C16H21NO2S2. The van der Waals surface area contributed by atoms with Gasteiger partial charge in [0.1, 0.15) is 0 Å². The lowest BCUT2D eigenvalue weighted by Gasteiger charge is -2.17. The highest BCUT2D eigenvalue weighted by molar-refractivity contribution is 7.91. The maximum absolute atomic E-state index is 12.3. The summed E-state index contributed by atoms with van der Waals surface area (Å²) in [6.07, 6.45) is 1.51. The van der Waals surface area contributed by atoms with E-state index in [0.717, 1.165) is 6.42 Å². The second kappa shape index (κ2) is 7.09. The minimum atomic E-state index is -3.21. The molecule has 2 rings (SSSR count). The highest BCUT2D eigenvalue weighted by Crippen LogP contribution is 2.24. The predicted molar refractivity (Wildman–Crippen MR) is 89.9 cm³/mol. The normalized spacial score (nSPS) is 13.0. The third-order valence-electron chi connectivity index (χ3n) is 3.22. The Morgan fingerprint density at radius 3 is 2.67 bits per heavy atom. The Morgan fingerprint density at radius 2 is 2.00 bits per heavy atom. The van der Waals surface area contributed by atoms with Gasteiger partial charge >= 0.3 is 0 Å². The van der Waals surface area contributed by atoms with Crippen LogP contribution in [-0.2, 0) is 16.3 Å². The molecule has 0 aliphatic carbocycles. The van der Waals surface area contributed by atoms with Gasteiger partial charge in [-0.2, -0.15) is 11.3 Å². The number of para-hydroxylation sites is 1. The minimum Gasteiger partial charge on any atom is -0.381 e. The Morgan fingerprint density at radius 1 is 1.24 bits per heavy atom. The van der Waals surface area contributed by atoms with Crippen molar-refractivity contribution in [3.63, 3.8) is 0 Å². The number of thiophene rings is 1. The molecule has 0 amide bonds. The van der Waals surface area contributed by atoms with E-state index in [1.807, 2.05) is 19.1 Å². The lowest BCUT2D eigenvalue weighted by atomic mass is 10.1. The molecule has 0 fully saturated rings. The van der Waals surface area contributed by atoms with Gasteiger partial charge in [0, 0.05) is 6.04 Å². The highest BCUT2D eigenvalue weighted by atomic mass is 32.2. The molecule has 0 radical (unpaired) electrons. The van der Waals surface area contributed by atoms with Crippen LogP contribution in [0.3, 0.4) is 0 Å². The first-order chi connectivity index (χ1) is 10.0. The van der Waals surface area contributed by atoms with Gasteiger partial charge in [0.15, 0.2) is 9.84 Å². The molecule has 0 aliphatic rings. The topological polar surface area (TPSA) is 46.2 Å². The van der Waals surface area contributed by atoms with E-state index < -0.39 is 9.84 Å². The van der Waals surface area contributed by atoms with Gasteiger partial charge in [-0.25, -0.2) is 8.42 Å². The van der Waals surface area contributed by atoms with Gasteiger partial charge in [0.05, 0.1) is 16.3 Å². The molecule has 2 aromatic rings. The van der Waals surface area contributed by atoms with Crippen LogP contribution in [0.15, 0.2) is 46.0 Å². The van der Waals surface area contributed by atoms with Crippen molar-refractivity contribution in [2.24, 2.45) is 0 Å². The number of anilines is 1. The molecule has 1 N–H and O–H groups in total. The van der Waals surface area contributed by atoms with E-state index in [-0.39, 0.29) is 11.8 Å². The molecule has 1 aromatic carbocycles. The van der Waals surface area contributed by atoms with Crippen molar-refractivity contribution in [3.05, 3.63) is 46.7 Å². The zero-order valence-corrected chi connectivity index (χ0v) is 14.0. The van der Waals surface area contributed by atoms with E-state index in [1.54, 1.807) is 23.5 Å². The first kappa shape index (κ1) is 16.0. The number of benzene rings is 1. The Balaban J connectivity index is 2.17. The molecule has 0 aliphatic heterocycles. The average Bonchev–Trinajstić information content (AvgIpc) is 2.91. The summed E-state index contributed by atoms with van der Waals surface area (Å²) in [6, 6.07) is 9.44. The Kier molecular flexibility index (Phi) is 5.42. The minimum absolute atomic E-state index is 0.178. The third kappa shape index (κ3) is 4.32. The molecule has 0 saturated carbocycles. The number of nitrogens with one attached hydrogen (secondary N) is 1. The fourth-order valence-corrected chi connectivity index (χ4v) is 4.50. The summed E-state index contributed by atoms with van der Waals surface area (Å²) in [5.41, 5.74) is 1.97. The smallest absolute Gasteiger partial charge is 0.180 e.